The van der Waals surface area contributed by atoms with E-state index in [1.807, 2.05) is 17.8 Å². The van der Waals surface area contributed by atoms with Gasteiger partial charge in [-0.05, 0) is 25.7 Å². The summed E-state index contributed by atoms with van der Waals surface area (Å²) in [6.07, 6.45) is 8.80. The zero-order valence-corrected chi connectivity index (χ0v) is 15.6. The van der Waals surface area contributed by atoms with E-state index in [1.165, 1.54) is 4.31 Å². The molecule has 3 rings (SSSR count). The number of rotatable bonds is 6. The van der Waals surface area contributed by atoms with Crippen LogP contribution in [0.3, 0.4) is 0 Å². The predicted octanol–water partition coefficient (Wildman–Crippen LogP) is 1.03. The number of aryl methyl sites for hydroxylation is 1. The van der Waals surface area contributed by atoms with Crippen LogP contribution in [0.2, 0.25) is 0 Å². The maximum absolute atomic E-state index is 12.2. The van der Waals surface area contributed by atoms with Crippen molar-refractivity contribution in [2.45, 2.75) is 26.3 Å². The van der Waals surface area contributed by atoms with Crippen LogP contribution in [0.25, 0.3) is 11.3 Å². The van der Waals surface area contributed by atoms with E-state index in [4.69, 9.17) is 0 Å². The minimum Gasteiger partial charge on any atom is -0.272 e. The van der Waals surface area contributed by atoms with E-state index in [2.05, 4.69) is 15.1 Å². The lowest BCUT2D eigenvalue weighted by atomic mass is 10.0. The van der Waals surface area contributed by atoms with Gasteiger partial charge in [0.2, 0.25) is 0 Å². The molecule has 0 radical (unpaired) electrons. The zero-order chi connectivity index (χ0) is 18.0. The van der Waals surface area contributed by atoms with E-state index in [-0.39, 0.29) is 5.92 Å². The molecular formula is C16H24N6O2S. The van der Waals surface area contributed by atoms with Gasteiger partial charge in [0.1, 0.15) is 0 Å². The van der Waals surface area contributed by atoms with E-state index < -0.39 is 10.2 Å². The minimum absolute atomic E-state index is 0.262. The topological polar surface area (TPSA) is 84.2 Å². The lowest BCUT2D eigenvalue weighted by molar-refractivity contribution is 0.409. The maximum Gasteiger partial charge on any atom is 0.281 e. The van der Waals surface area contributed by atoms with Crippen LogP contribution in [0, 0.1) is 5.92 Å². The molecule has 1 atom stereocenters. The molecule has 0 spiro atoms. The van der Waals surface area contributed by atoms with Crippen LogP contribution in [0.5, 0.6) is 0 Å². The van der Waals surface area contributed by atoms with Crippen molar-refractivity contribution in [3.8, 4) is 11.3 Å². The van der Waals surface area contributed by atoms with E-state index in [0.717, 1.165) is 36.3 Å². The SMILES string of the molecule is CCn1cc(-c2cncc(C[C@H]3CCN(S(=O)(=O)N(C)C)C3)n2)cn1. The first-order chi connectivity index (χ1) is 11.9. The highest BCUT2D eigenvalue weighted by Crippen LogP contribution is 2.24. The summed E-state index contributed by atoms with van der Waals surface area (Å²) in [5, 5.41) is 4.27. The second-order valence-electron chi connectivity index (χ2n) is 6.49. The monoisotopic (exact) mass is 364 g/mol. The van der Waals surface area contributed by atoms with E-state index in [9.17, 15) is 8.42 Å². The van der Waals surface area contributed by atoms with Gasteiger partial charge in [0.15, 0.2) is 0 Å². The molecule has 8 nitrogen and oxygen atoms in total. The van der Waals surface area contributed by atoms with Gasteiger partial charge in [-0.3, -0.25) is 9.67 Å². The Kier molecular flexibility index (Phi) is 5.16. The molecule has 0 saturated carbocycles. The molecule has 136 valence electrons. The van der Waals surface area contributed by atoms with Crippen molar-refractivity contribution in [1.82, 2.24) is 28.4 Å². The second-order valence-corrected chi connectivity index (χ2v) is 8.63. The van der Waals surface area contributed by atoms with E-state index in [0.29, 0.717) is 13.1 Å². The Hall–Kier alpha value is -1.84. The summed E-state index contributed by atoms with van der Waals surface area (Å²) >= 11 is 0. The van der Waals surface area contributed by atoms with Gasteiger partial charge in [-0.25, -0.2) is 4.98 Å². The van der Waals surface area contributed by atoms with Crippen LogP contribution in [0.15, 0.2) is 24.8 Å². The summed E-state index contributed by atoms with van der Waals surface area (Å²) in [5.74, 6) is 0.262. The molecule has 1 fully saturated rings. The zero-order valence-electron chi connectivity index (χ0n) is 14.8. The van der Waals surface area contributed by atoms with Gasteiger partial charge in [0, 0.05) is 51.7 Å². The molecule has 0 amide bonds. The average molecular weight is 364 g/mol. The highest BCUT2D eigenvalue weighted by molar-refractivity contribution is 7.86. The normalized spacial score (nSPS) is 19.0. The Morgan fingerprint density at radius 3 is 2.76 bits per heavy atom. The summed E-state index contributed by atoms with van der Waals surface area (Å²) in [4.78, 5) is 8.98. The molecule has 25 heavy (non-hydrogen) atoms. The maximum atomic E-state index is 12.2. The van der Waals surface area contributed by atoms with Crippen molar-refractivity contribution in [2.24, 2.45) is 5.92 Å². The third-order valence-electron chi connectivity index (χ3n) is 4.47. The molecule has 0 N–H and O–H groups in total. The first-order valence-electron chi connectivity index (χ1n) is 8.41. The van der Waals surface area contributed by atoms with E-state index >= 15 is 0 Å². The minimum atomic E-state index is -3.33. The second kappa shape index (κ2) is 7.19. The molecule has 0 unspecified atom stereocenters. The molecule has 3 heterocycles. The quantitative estimate of drug-likeness (QED) is 0.764. The third kappa shape index (κ3) is 3.88. The molecule has 0 aromatic carbocycles. The highest BCUT2D eigenvalue weighted by atomic mass is 32.2. The van der Waals surface area contributed by atoms with Gasteiger partial charge >= 0.3 is 0 Å². The Bertz CT molecular complexity index is 833. The summed E-state index contributed by atoms with van der Waals surface area (Å²) in [6.45, 7) is 3.93. The number of hydrogen-bond donors (Lipinski definition) is 0. The Morgan fingerprint density at radius 1 is 1.28 bits per heavy atom. The van der Waals surface area contributed by atoms with Crippen LogP contribution in [0.4, 0.5) is 0 Å². The fourth-order valence-corrected chi connectivity index (χ4v) is 4.21. The fraction of sp³-hybridized carbons (Fsp3) is 0.562. The smallest absolute Gasteiger partial charge is 0.272 e. The van der Waals surface area contributed by atoms with Gasteiger partial charge < -0.3 is 0 Å². The molecule has 1 saturated heterocycles. The van der Waals surface area contributed by atoms with Crippen molar-refractivity contribution >= 4 is 10.2 Å². The van der Waals surface area contributed by atoms with Crippen LogP contribution < -0.4 is 0 Å². The lowest BCUT2D eigenvalue weighted by Crippen LogP contribution is -2.38. The van der Waals surface area contributed by atoms with Gasteiger partial charge in [-0.2, -0.15) is 22.1 Å². The molecule has 1 aliphatic heterocycles. The van der Waals surface area contributed by atoms with Crippen molar-refractivity contribution in [3.63, 3.8) is 0 Å². The molecule has 9 heteroatoms. The predicted molar refractivity (Wildman–Crippen MR) is 94.9 cm³/mol. The van der Waals surface area contributed by atoms with Crippen molar-refractivity contribution < 1.29 is 8.42 Å². The molecule has 1 aliphatic rings. The van der Waals surface area contributed by atoms with Gasteiger partial charge in [0.05, 0.1) is 23.8 Å². The summed E-state index contributed by atoms with van der Waals surface area (Å²) in [5.41, 5.74) is 2.63. The first-order valence-corrected chi connectivity index (χ1v) is 9.81. The van der Waals surface area contributed by atoms with Crippen molar-refractivity contribution in [2.75, 3.05) is 27.2 Å². The van der Waals surface area contributed by atoms with Gasteiger partial charge in [-0.1, -0.05) is 0 Å². The van der Waals surface area contributed by atoms with Crippen LogP contribution in [-0.2, 0) is 23.2 Å². The molecular weight excluding hydrogens is 340 g/mol. The molecule has 0 bridgehead atoms. The summed E-state index contributed by atoms with van der Waals surface area (Å²) in [7, 11) is -0.206. The lowest BCUT2D eigenvalue weighted by Gasteiger charge is -2.20. The standard InChI is InChI=1S/C16H24N6O2S/c1-4-21-12-14(8-18-21)16-10-17-9-15(19-16)7-13-5-6-22(11-13)25(23,24)20(2)3/h8-10,12-13H,4-7,11H2,1-3H3/t13-/m1/s1. The number of nitrogens with zero attached hydrogens (tertiary/aromatic N) is 6. The Morgan fingerprint density at radius 2 is 2.08 bits per heavy atom. The molecule has 2 aromatic rings. The first kappa shape index (κ1) is 18.0. The average Bonchev–Trinajstić information content (AvgIpc) is 3.24. The largest absolute Gasteiger partial charge is 0.281 e. The van der Waals surface area contributed by atoms with Crippen LogP contribution in [0.1, 0.15) is 19.0 Å². The van der Waals surface area contributed by atoms with Gasteiger partial charge in [-0.15, -0.1) is 0 Å². The van der Waals surface area contributed by atoms with Crippen LogP contribution in [-0.4, -0.2) is 64.0 Å². The Balaban J connectivity index is 1.69. The van der Waals surface area contributed by atoms with E-state index in [1.54, 1.807) is 37.0 Å². The fourth-order valence-electron chi connectivity index (χ4n) is 3.01. The molecule has 0 aliphatic carbocycles. The van der Waals surface area contributed by atoms with Crippen molar-refractivity contribution in [3.05, 3.63) is 30.5 Å². The van der Waals surface area contributed by atoms with Crippen LogP contribution >= 0.6 is 0 Å². The van der Waals surface area contributed by atoms with Crippen molar-refractivity contribution in [1.29, 1.82) is 0 Å². The molecule has 2 aromatic heterocycles. The van der Waals surface area contributed by atoms with Gasteiger partial charge in [0.25, 0.3) is 10.2 Å². The Labute approximate surface area is 148 Å². The number of hydrogen-bond acceptors (Lipinski definition) is 5. The summed E-state index contributed by atoms with van der Waals surface area (Å²) < 4.78 is 29.1. The highest BCUT2D eigenvalue weighted by Gasteiger charge is 2.32. The third-order valence-corrected chi connectivity index (χ3v) is 6.38. The summed E-state index contributed by atoms with van der Waals surface area (Å²) in [6, 6.07) is 0. The number of aromatic nitrogens is 4.